The third kappa shape index (κ3) is 5.16. The fourth-order valence-electron chi connectivity index (χ4n) is 2.14. The average molecular weight is 351 g/mol. The van der Waals surface area contributed by atoms with Crippen molar-refractivity contribution < 1.29 is 9.18 Å². The molecule has 1 amide bonds. The molecule has 2 aromatic rings. The minimum Gasteiger partial charge on any atom is -0.363 e. The quantitative estimate of drug-likeness (QED) is 0.870. The summed E-state index contributed by atoms with van der Waals surface area (Å²) in [4.78, 5) is 22.6. The molecule has 1 aromatic carbocycles. The molecule has 0 saturated carbocycles. The van der Waals surface area contributed by atoms with Crippen molar-refractivity contribution in [1.29, 1.82) is 0 Å². The minimum absolute atomic E-state index is 0.0669. The van der Waals surface area contributed by atoms with E-state index in [9.17, 15) is 9.18 Å². The van der Waals surface area contributed by atoms with Gasteiger partial charge in [0.25, 0.3) is 0 Å². The second-order valence-electron chi connectivity index (χ2n) is 5.70. The van der Waals surface area contributed by atoms with Gasteiger partial charge in [-0.25, -0.2) is 14.4 Å². The Balaban J connectivity index is 1.88. The highest BCUT2D eigenvalue weighted by Crippen LogP contribution is 2.17. The molecular formula is C17H20ClFN4O. The summed E-state index contributed by atoms with van der Waals surface area (Å²) >= 11 is 5.73. The van der Waals surface area contributed by atoms with Crippen LogP contribution in [0, 0.1) is 12.7 Å². The Morgan fingerprint density at radius 2 is 2.04 bits per heavy atom. The van der Waals surface area contributed by atoms with E-state index in [2.05, 4.69) is 15.3 Å². The van der Waals surface area contributed by atoms with E-state index in [4.69, 9.17) is 11.6 Å². The van der Waals surface area contributed by atoms with Crippen LogP contribution in [-0.4, -0.2) is 30.0 Å². The van der Waals surface area contributed by atoms with Crippen LogP contribution in [-0.2, 0) is 17.8 Å². The van der Waals surface area contributed by atoms with Gasteiger partial charge in [0.1, 0.15) is 17.5 Å². The summed E-state index contributed by atoms with van der Waals surface area (Å²) in [5, 5.41) is 2.87. The van der Waals surface area contributed by atoms with Crippen molar-refractivity contribution >= 4 is 23.3 Å². The number of carbonyl (C=O) groups excluding carboxylic acids is 1. The van der Waals surface area contributed by atoms with Gasteiger partial charge in [0.05, 0.1) is 11.6 Å². The van der Waals surface area contributed by atoms with E-state index in [0.717, 1.165) is 17.1 Å². The molecule has 0 aliphatic heterocycles. The summed E-state index contributed by atoms with van der Waals surface area (Å²) in [6.07, 6.45) is 0.776. The number of hydrogen-bond acceptors (Lipinski definition) is 4. The molecule has 0 radical (unpaired) electrons. The van der Waals surface area contributed by atoms with E-state index in [0.29, 0.717) is 12.2 Å². The first-order valence-corrected chi connectivity index (χ1v) is 7.95. The van der Waals surface area contributed by atoms with E-state index in [1.54, 1.807) is 6.07 Å². The fraction of sp³-hybridized carbons (Fsp3) is 0.353. The van der Waals surface area contributed by atoms with Crippen LogP contribution in [0.3, 0.4) is 0 Å². The predicted octanol–water partition coefficient (Wildman–Crippen LogP) is 2.89. The van der Waals surface area contributed by atoms with Crippen molar-refractivity contribution in [1.82, 2.24) is 15.3 Å². The van der Waals surface area contributed by atoms with Gasteiger partial charge in [-0.2, -0.15) is 0 Å². The van der Waals surface area contributed by atoms with Crippen molar-refractivity contribution in [3.05, 3.63) is 52.2 Å². The molecule has 0 atom stereocenters. The Hall–Kier alpha value is -2.21. The van der Waals surface area contributed by atoms with Crippen molar-refractivity contribution in [2.75, 3.05) is 19.0 Å². The van der Waals surface area contributed by atoms with Crippen LogP contribution in [0.5, 0.6) is 0 Å². The summed E-state index contributed by atoms with van der Waals surface area (Å²) < 4.78 is 13.1. The van der Waals surface area contributed by atoms with Crippen LogP contribution in [0.15, 0.2) is 24.3 Å². The topological polar surface area (TPSA) is 58.1 Å². The number of aromatic nitrogens is 2. The number of hydrogen-bond donors (Lipinski definition) is 1. The highest BCUT2D eigenvalue weighted by Gasteiger charge is 2.08. The van der Waals surface area contributed by atoms with Gasteiger partial charge >= 0.3 is 0 Å². The van der Waals surface area contributed by atoms with Crippen LogP contribution < -0.4 is 10.2 Å². The normalized spacial score (nSPS) is 10.5. The lowest BCUT2D eigenvalue weighted by Crippen LogP contribution is -2.25. The van der Waals surface area contributed by atoms with Crippen molar-refractivity contribution in [2.24, 2.45) is 0 Å². The summed E-state index contributed by atoms with van der Waals surface area (Å²) in [6.45, 7) is 2.16. The summed E-state index contributed by atoms with van der Waals surface area (Å²) in [5.41, 5.74) is 1.66. The van der Waals surface area contributed by atoms with Gasteiger partial charge in [-0.3, -0.25) is 4.79 Å². The number of nitrogens with one attached hydrogen (secondary N) is 1. The van der Waals surface area contributed by atoms with Crippen molar-refractivity contribution in [2.45, 2.75) is 26.3 Å². The molecule has 0 fully saturated rings. The fourth-order valence-corrected chi connectivity index (χ4v) is 2.34. The first-order chi connectivity index (χ1) is 11.3. The number of aryl methyl sites for hydroxylation is 2. The molecule has 1 aromatic heterocycles. The van der Waals surface area contributed by atoms with Gasteiger partial charge in [-0.1, -0.05) is 17.7 Å². The number of carbonyl (C=O) groups is 1. The number of nitrogens with zero attached hydrogens (tertiary/aromatic N) is 3. The molecular weight excluding hydrogens is 331 g/mol. The van der Waals surface area contributed by atoms with E-state index in [1.807, 2.05) is 32.0 Å². The van der Waals surface area contributed by atoms with Crippen LogP contribution in [0.4, 0.5) is 10.2 Å². The van der Waals surface area contributed by atoms with Crippen LogP contribution in [0.25, 0.3) is 0 Å². The number of halogens is 2. The van der Waals surface area contributed by atoms with Crippen molar-refractivity contribution in [3.8, 4) is 0 Å². The SMILES string of the molecule is Cc1cc(N(C)C)nc(CNC(=O)CCc2ccc(F)c(Cl)c2)n1. The monoisotopic (exact) mass is 350 g/mol. The van der Waals surface area contributed by atoms with E-state index in [-0.39, 0.29) is 23.9 Å². The molecule has 0 spiro atoms. The number of anilines is 1. The molecule has 2 rings (SSSR count). The smallest absolute Gasteiger partial charge is 0.220 e. The Bertz CT molecular complexity index is 737. The minimum atomic E-state index is -0.460. The molecule has 1 heterocycles. The van der Waals surface area contributed by atoms with Gasteiger partial charge in [0, 0.05) is 32.3 Å². The molecule has 0 unspecified atom stereocenters. The predicted molar refractivity (Wildman–Crippen MR) is 92.7 cm³/mol. The second kappa shape index (κ2) is 8.06. The standard InChI is InChI=1S/C17H20ClFN4O/c1-11-8-16(23(2)3)22-15(21-11)10-20-17(24)7-5-12-4-6-14(19)13(18)9-12/h4,6,8-9H,5,7,10H2,1-3H3,(H,20,24). The summed E-state index contributed by atoms with van der Waals surface area (Å²) in [6, 6.07) is 6.35. The lowest BCUT2D eigenvalue weighted by molar-refractivity contribution is -0.121. The molecule has 0 aliphatic rings. The first kappa shape index (κ1) is 18.1. The van der Waals surface area contributed by atoms with Crippen LogP contribution in [0.1, 0.15) is 23.5 Å². The maximum Gasteiger partial charge on any atom is 0.220 e. The Labute approximate surface area is 145 Å². The average Bonchev–Trinajstić information content (AvgIpc) is 2.53. The third-order valence-electron chi connectivity index (χ3n) is 3.41. The summed E-state index contributed by atoms with van der Waals surface area (Å²) in [7, 11) is 3.80. The lowest BCUT2D eigenvalue weighted by Gasteiger charge is -2.13. The largest absolute Gasteiger partial charge is 0.363 e. The molecule has 128 valence electrons. The van der Waals surface area contributed by atoms with E-state index >= 15 is 0 Å². The molecule has 24 heavy (non-hydrogen) atoms. The van der Waals surface area contributed by atoms with E-state index in [1.165, 1.54) is 12.1 Å². The van der Waals surface area contributed by atoms with Gasteiger partial charge < -0.3 is 10.2 Å². The second-order valence-corrected chi connectivity index (χ2v) is 6.11. The maximum atomic E-state index is 13.1. The Kier molecular flexibility index (Phi) is 6.09. The molecule has 0 bridgehead atoms. The Morgan fingerprint density at radius 1 is 1.29 bits per heavy atom. The van der Waals surface area contributed by atoms with E-state index < -0.39 is 5.82 Å². The zero-order chi connectivity index (χ0) is 17.7. The molecule has 1 N–H and O–H groups in total. The van der Waals surface area contributed by atoms with Crippen LogP contribution >= 0.6 is 11.6 Å². The summed E-state index contributed by atoms with van der Waals surface area (Å²) in [5.74, 6) is 0.787. The first-order valence-electron chi connectivity index (χ1n) is 7.57. The van der Waals surface area contributed by atoms with Crippen molar-refractivity contribution in [3.63, 3.8) is 0 Å². The zero-order valence-corrected chi connectivity index (χ0v) is 14.7. The van der Waals surface area contributed by atoms with Crippen LogP contribution in [0.2, 0.25) is 5.02 Å². The maximum absolute atomic E-state index is 13.1. The highest BCUT2D eigenvalue weighted by molar-refractivity contribution is 6.30. The van der Waals surface area contributed by atoms with Gasteiger partial charge in [-0.15, -0.1) is 0 Å². The molecule has 0 aliphatic carbocycles. The number of amides is 1. The molecule has 0 saturated heterocycles. The van der Waals surface area contributed by atoms with Gasteiger partial charge in [-0.05, 0) is 31.0 Å². The highest BCUT2D eigenvalue weighted by atomic mass is 35.5. The third-order valence-corrected chi connectivity index (χ3v) is 3.70. The molecule has 5 nitrogen and oxygen atoms in total. The number of benzene rings is 1. The zero-order valence-electron chi connectivity index (χ0n) is 13.9. The van der Waals surface area contributed by atoms with Gasteiger partial charge in [0.2, 0.25) is 5.91 Å². The molecule has 7 heteroatoms. The lowest BCUT2D eigenvalue weighted by atomic mass is 10.1. The number of rotatable bonds is 6. The van der Waals surface area contributed by atoms with Gasteiger partial charge in [0.15, 0.2) is 0 Å². The Morgan fingerprint density at radius 3 is 2.71 bits per heavy atom.